The number of thiophene rings is 1. The molecule has 8 heteroatoms. The summed E-state index contributed by atoms with van der Waals surface area (Å²) in [6, 6.07) is 5.57. The van der Waals surface area contributed by atoms with Crippen molar-refractivity contribution in [3.8, 4) is 0 Å². The van der Waals surface area contributed by atoms with Gasteiger partial charge < -0.3 is 19.5 Å². The Balaban J connectivity index is 1.39. The lowest BCUT2D eigenvalue weighted by Crippen LogP contribution is -2.50. The molecule has 2 bridgehead atoms. The van der Waals surface area contributed by atoms with Crippen LogP contribution >= 0.6 is 23.6 Å². The van der Waals surface area contributed by atoms with Crippen LogP contribution in [0.4, 0.5) is 5.00 Å². The van der Waals surface area contributed by atoms with Gasteiger partial charge in [-0.1, -0.05) is 18.9 Å². The predicted molar refractivity (Wildman–Crippen MR) is 131 cm³/mol. The van der Waals surface area contributed by atoms with E-state index in [9.17, 15) is 9.59 Å². The summed E-state index contributed by atoms with van der Waals surface area (Å²) >= 11 is 7.50. The molecule has 0 amide bonds. The first-order valence-corrected chi connectivity index (χ1v) is 12.8. The Morgan fingerprint density at radius 2 is 1.97 bits per heavy atom. The van der Waals surface area contributed by atoms with Crippen LogP contribution in [0.25, 0.3) is 0 Å². The van der Waals surface area contributed by atoms with Crippen molar-refractivity contribution >= 4 is 39.6 Å². The van der Waals surface area contributed by atoms with Crippen molar-refractivity contribution in [3.63, 3.8) is 0 Å². The maximum Gasteiger partial charge on any atom is 0.341 e. The zero-order valence-corrected chi connectivity index (χ0v) is 20.0. The summed E-state index contributed by atoms with van der Waals surface area (Å²) in [7, 11) is 1.45. The first-order chi connectivity index (χ1) is 15.5. The molecule has 0 spiro atoms. The Labute approximate surface area is 197 Å². The van der Waals surface area contributed by atoms with E-state index in [1.807, 2.05) is 10.6 Å². The number of carbonyl (C=O) groups excluding carboxylic acids is 1. The van der Waals surface area contributed by atoms with Crippen LogP contribution in [0.2, 0.25) is 0 Å². The van der Waals surface area contributed by atoms with E-state index in [-0.39, 0.29) is 11.5 Å². The van der Waals surface area contributed by atoms with Gasteiger partial charge in [0.05, 0.1) is 12.7 Å². The summed E-state index contributed by atoms with van der Waals surface area (Å²) in [5, 5.41) is 4.90. The summed E-state index contributed by atoms with van der Waals surface area (Å²) < 4.78 is 7.08. The highest BCUT2D eigenvalue weighted by molar-refractivity contribution is 7.80. The number of nitrogens with zero attached hydrogens (tertiary/aromatic N) is 2. The normalized spacial score (nSPS) is 22.2. The van der Waals surface area contributed by atoms with Crippen molar-refractivity contribution in [1.82, 2.24) is 9.47 Å². The van der Waals surface area contributed by atoms with Gasteiger partial charge in [-0.25, -0.2) is 4.79 Å². The molecule has 5 rings (SSSR count). The average Bonchev–Trinajstić information content (AvgIpc) is 3.09. The number of anilines is 1. The number of aromatic nitrogens is 1. The van der Waals surface area contributed by atoms with E-state index in [4.69, 9.17) is 17.0 Å². The molecule has 1 saturated heterocycles. The van der Waals surface area contributed by atoms with Crippen LogP contribution in [0.1, 0.15) is 64.5 Å². The second-order valence-electron chi connectivity index (χ2n) is 9.15. The molecule has 170 valence electrons. The summed E-state index contributed by atoms with van der Waals surface area (Å²) in [4.78, 5) is 28.5. The van der Waals surface area contributed by atoms with Gasteiger partial charge in [0.1, 0.15) is 5.00 Å². The van der Waals surface area contributed by atoms with E-state index < -0.39 is 0 Å². The molecular formula is C24H29N3O3S2. The van der Waals surface area contributed by atoms with Gasteiger partial charge in [0.2, 0.25) is 0 Å². The maximum absolute atomic E-state index is 12.7. The van der Waals surface area contributed by atoms with Gasteiger partial charge in [0.25, 0.3) is 5.56 Å². The minimum Gasteiger partial charge on any atom is -0.465 e. The quantitative estimate of drug-likeness (QED) is 0.524. The summed E-state index contributed by atoms with van der Waals surface area (Å²) in [6.07, 6.45) is 7.73. The SMILES string of the molecule is COC(=O)c1c(NC(=S)N2C[C@H]3C[C@@H](C2)c2cccc(=O)n2C3)sc2c1CCCCCC2. The van der Waals surface area contributed by atoms with Crippen molar-refractivity contribution in [2.45, 2.75) is 57.4 Å². The van der Waals surface area contributed by atoms with E-state index in [2.05, 4.69) is 16.3 Å². The molecule has 2 atom stereocenters. The molecule has 1 fully saturated rings. The van der Waals surface area contributed by atoms with Crippen molar-refractivity contribution < 1.29 is 9.53 Å². The number of nitrogens with one attached hydrogen (secondary N) is 1. The number of piperidine rings is 1. The molecule has 6 nitrogen and oxygen atoms in total. The Kier molecular flexibility index (Phi) is 6.07. The third-order valence-corrected chi connectivity index (χ3v) is 8.62. The van der Waals surface area contributed by atoms with Crippen molar-refractivity contribution in [3.05, 3.63) is 50.3 Å². The highest BCUT2D eigenvalue weighted by Gasteiger charge is 2.36. The van der Waals surface area contributed by atoms with Gasteiger partial charge >= 0.3 is 5.97 Å². The molecule has 32 heavy (non-hydrogen) atoms. The second-order valence-corrected chi connectivity index (χ2v) is 10.6. The number of thiocarbonyl (C=S) groups is 1. The Morgan fingerprint density at radius 3 is 2.78 bits per heavy atom. The number of ether oxygens (including phenoxy) is 1. The third-order valence-electron chi connectivity index (χ3n) is 7.05. The van der Waals surface area contributed by atoms with Gasteiger partial charge in [-0.05, 0) is 61.9 Å². The minimum atomic E-state index is -0.280. The van der Waals surface area contributed by atoms with E-state index in [1.165, 1.54) is 24.8 Å². The van der Waals surface area contributed by atoms with Gasteiger partial charge in [-0.2, -0.15) is 0 Å². The van der Waals surface area contributed by atoms with Crippen LogP contribution in [0.15, 0.2) is 23.0 Å². The highest BCUT2D eigenvalue weighted by atomic mass is 32.1. The van der Waals surface area contributed by atoms with Crippen LogP contribution in [0.3, 0.4) is 0 Å². The van der Waals surface area contributed by atoms with Crippen LogP contribution in [0, 0.1) is 5.92 Å². The molecule has 1 aliphatic carbocycles. The molecule has 2 aliphatic heterocycles. The number of aryl methyl sites for hydroxylation is 1. The van der Waals surface area contributed by atoms with E-state index in [1.54, 1.807) is 17.4 Å². The number of rotatable bonds is 2. The minimum absolute atomic E-state index is 0.0880. The molecule has 0 aromatic carbocycles. The van der Waals surface area contributed by atoms with Crippen molar-refractivity contribution in [1.29, 1.82) is 0 Å². The topological polar surface area (TPSA) is 63.6 Å². The maximum atomic E-state index is 12.7. The fraction of sp³-hybridized carbons (Fsp3) is 0.542. The zero-order valence-electron chi connectivity index (χ0n) is 18.4. The van der Waals surface area contributed by atoms with Gasteiger partial charge in [-0.3, -0.25) is 4.79 Å². The first-order valence-electron chi connectivity index (χ1n) is 11.5. The van der Waals surface area contributed by atoms with Crippen LogP contribution in [-0.2, 0) is 24.1 Å². The number of pyridine rings is 1. The molecular weight excluding hydrogens is 442 g/mol. The van der Waals surface area contributed by atoms with E-state index in [0.29, 0.717) is 22.5 Å². The zero-order chi connectivity index (χ0) is 22.2. The molecule has 3 aliphatic rings. The Morgan fingerprint density at radius 1 is 1.16 bits per heavy atom. The Bertz CT molecular complexity index is 1110. The number of hydrogen-bond acceptors (Lipinski definition) is 5. The third kappa shape index (κ3) is 3.99. The van der Waals surface area contributed by atoms with Crippen molar-refractivity contribution in [2.24, 2.45) is 5.92 Å². The monoisotopic (exact) mass is 471 g/mol. The molecule has 1 N–H and O–H groups in total. The first kappa shape index (κ1) is 21.6. The van der Waals surface area contributed by atoms with E-state index in [0.717, 1.165) is 68.0 Å². The van der Waals surface area contributed by atoms with Gasteiger partial charge in [0.15, 0.2) is 5.11 Å². The molecule has 0 saturated carbocycles. The van der Waals surface area contributed by atoms with Crippen molar-refractivity contribution in [2.75, 3.05) is 25.5 Å². The number of esters is 1. The number of likely N-dealkylation sites (tertiary alicyclic amines) is 1. The lowest BCUT2D eigenvalue weighted by atomic mass is 9.83. The van der Waals surface area contributed by atoms with Crippen LogP contribution < -0.4 is 10.9 Å². The lowest BCUT2D eigenvalue weighted by molar-refractivity contribution is 0.0601. The summed E-state index contributed by atoms with van der Waals surface area (Å²) in [5.74, 6) is 0.404. The molecule has 2 aromatic heterocycles. The van der Waals surface area contributed by atoms with Crippen LogP contribution in [0.5, 0.6) is 0 Å². The Hall–Kier alpha value is -2.19. The second kappa shape index (κ2) is 8.98. The smallest absolute Gasteiger partial charge is 0.341 e. The standard InChI is InChI=1S/C24H29N3O3S2/c1-30-23(29)21-17-7-4-2-3-5-9-19(17)32-22(21)25-24(31)26-12-15-11-16(14-26)18-8-6-10-20(28)27(18)13-15/h6,8,10,15-16H,2-5,7,9,11-14H2,1H3,(H,25,31)/t15-,16+/m1/s1. The van der Waals surface area contributed by atoms with E-state index >= 15 is 0 Å². The number of fused-ring (bicyclic) bond motifs is 5. The summed E-state index contributed by atoms with van der Waals surface area (Å²) in [6.45, 7) is 2.34. The fourth-order valence-electron chi connectivity index (χ4n) is 5.56. The molecule has 0 unspecified atom stereocenters. The highest BCUT2D eigenvalue weighted by Crippen LogP contribution is 2.39. The largest absolute Gasteiger partial charge is 0.465 e. The van der Waals surface area contributed by atoms with Crippen LogP contribution in [-0.4, -0.2) is 40.7 Å². The van der Waals surface area contributed by atoms with Gasteiger partial charge in [-0.15, -0.1) is 11.3 Å². The summed E-state index contributed by atoms with van der Waals surface area (Å²) in [5.41, 5.74) is 3.02. The van der Waals surface area contributed by atoms with Gasteiger partial charge in [0, 0.05) is 42.2 Å². The fourth-order valence-corrected chi connectivity index (χ4v) is 7.16. The average molecular weight is 472 g/mol. The molecule has 2 aromatic rings. The number of hydrogen-bond donors (Lipinski definition) is 1. The molecule has 0 radical (unpaired) electrons. The number of methoxy groups -OCH3 is 1. The lowest BCUT2D eigenvalue weighted by Gasteiger charge is -2.43. The number of carbonyl (C=O) groups is 1. The predicted octanol–water partition coefficient (Wildman–Crippen LogP) is 4.17. The molecule has 4 heterocycles.